The molecule has 692 valence electrons. The second kappa shape index (κ2) is 52.0. The summed E-state index contributed by atoms with van der Waals surface area (Å²) in [4.78, 5) is 150. The second-order valence-corrected chi connectivity index (χ2v) is 32.8. The van der Waals surface area contributed by atoms with E-state index in [0.29, 0.717) is 101 Å². The summed E-state index contributed by atoms with van der Waals surface area (Å²) in [5.74, 6) is -4.87. The number of urea groups is 1. The Balaban J connectivity index is 0.744. The van der Waals surface area contributed by atoms with Crippen LogP contribution in [-0.4, -0.2) is 285 Å². The Kier molecular flexibility index (Phi) is 42.6. The van der Waals surface area contributed by atoms with Crippen molar-refractivity contribution in [2.45, 2.75) is 187 Å². The first-order chi connectivity index (χ1) is 59.6. The molecule has 0 spiro atoms. The lowest BCUT2D eigenvalue weighted by Gasteiger charge is -2.42. The summed E-state index contributed by atoms with van der Waals surface area (Å²) in [5, 5.41) is 28.7. The molecule has 2 fully saturated rings. The van der Waals surface area contributed by atoms with Crippen molar-refractivity contribution in [2.75, 3.05) is 153 Å². The number of methoxy groups -OCH3 is 1. The van der Waals surface area contributed by atoms with E-state index in [2.05, 4.69) is 42.6 Å². The van der Waals surface area contributed by atoms with Gasteiger partial charge in [-0.25, -0.2) is 24.2 Å². The average Bonchev–Trinajstić information content (AvgIpc) is 1.57. The molecule has 125 heavy (non-hydrogen) atoms. The molecule has 2 saturated heterocycles. The molecule has 35 nitrogen and oxygen atoms in total. The van der Waals surface area contributed by atoms with Gasteiger partial charge in [0, 0.05) is 123 Å². The van der Waals surface area contributed by atoms with Crippen molar-refractivity contribution in [2.24, 2.45) is 23.5 Å². The topological polar surface area (TPSA) is 429 Å². The van der Waals surface area contributed by atoms with Gasteiger partial charge in [0.05, 0.1) is 122 Å². The Bertz CT molecular complexity index is 4280. The number of nitrogens with two attached hydrogens (primary N) is 1. The minimum absolute atomic E-state index is 0.0573. The number of carbonyl (C=O) groups is 11. The number of hydrazine groups is 1. The van der Waals surface area contributed by atoms with Crippen molar-refractivity contribution in [1.29, 1.82) is 0 Å². The number of carbonyl (C=O) groups excluding carboxylic acids is 11. The number of epoxide rings is 1. The molecular weight excluding hydrogens is 1640 g/mol. The van der Waals surface area contributed by atoms with Crippen LogP contribution < -0.4 is 42.6 Å². The molecule has 9 amide bonds. The lowest BCUT2D eigenvalue weighted by Crippen LogP contribution is -2.63. The number of hydrogen-bond donors (Lipinski definition) is 8. The first-order valence-electron chi connectivity index (χ1n) is 42.7. The summed E-state index contributed by atoms with van der Waals surface area (Å²) in [6, 6.07) is 17.8. The highest BCUT2D eigenvalue weighted by molar-refractivity contribution is 6.34. The fourth-order valence-corrected chi connectivity index (χ4v) is 14.8. The maximum atomic E-state index is 14.5. The number of aromatic nitrogens is 1. The maximum Gasteiger partial charge on any atom is 0.409 e. The number of ketones is 2. The number of para-hydroxylation sites is 1. The van der Waals surface area contributed by atoms with E-state index in [4.69, 9.17) is 69.4 Å². The fourth-order valence-electron chi connectivity index (χ4n) is 14.6. The van der Waals surface area contributed by atoms with Crippen molar-refractivity contribution < 1.29 is 110 Å². The van der Waals surface area contributed by atoms with Gasteiger partial charge in [0.1, 0.15) is 42.3 Å². The van der Waals surface area contributed by atoms with E-state index in [1.54, 1.807) is 57.3 Å². The van der Waals surface area contributed by atoms with Gasteiger partial charge in [-0.15, -0.1) is 0 Å². The predicted molar refractivity (Wildman–Crippen MR) is 466 cm³/mol. The molecule has 10 atom stereocenters. The number of halogens is 1. The minimum atomic E-state index is -1.89. The number of nitrogens with one attached hydrogen (secondary N) is 6. The first-order valence-corrected chi connectivity index (χ1v) is 43.1. The van der Waals surface area contributed by atoms with Crippen LogP contribution in [-0.2, 0) is 123 Å². The third kappa shape index (κ3) is 33.3. The monoisotopic (exact) mass is 1770 g/mol. The highest BCUT2D eigenvalue weighted by atomic mass is 35.5. The number of primary amides is 1. The highest BCUT2D eigenvalue weighted by Gasteiger charge is 2.64. The molecule has 1 unspecified atom stereocenters. The van der Waals surface area contributed by atoms with Gasteiger partial charge in [0.15, 0.2) is 11.5 Å². The molecule has 3 aliphatic rings. The highest BCUT2D eigenvalue weighted by Crippen LogP contribution is 2.49. The number of allylic oxidation sites excluding steroid dienone is 3. The molecule has 36 heteroatoms. The van der Waals surface area contributed by atoms with Crippen LogP contribution in [0.3, 0.4) is 0 Å². The summed E-state index contributed by atoms with van der Waals surface area (Å²) in [6.07, 6.45) is 0.462. The number of likely N-dealkylation sites (N-methyl/N-ethyl adjacent to an activating group) is 1. The fraction of sp³-hybridized carbons (Fsp3) is 0.607. The van der Waals surface area contributed by atoms with E-state index in [9.17, 15) is 57.8 Å². The van der Waals surface area contributed by atoms with E-state index in [1.165, 1.54) is 42.8 Å². The van der Waals surface area contributed by atoms with Crippen LogP contribution in [0, 0.1) is 24.7 Å². The largest absolute Gasteiger partial charge is 0.457 e. The Labute approximate surface area is 737 Å². The number of nitrogens with zero attached hydrogens (tertiary/aromatic N) is 5. The van der Waals surface area contributed by atoms with Crippen LogP contribution in [0.1, 0.15) is 127 Å². The first kappa shape index (κ1) is 103. The van der Waals surface area contributed by atoms with Crippen molar-refractivity contribution in [3.63, 3.8) is 0 Å². The number of aliphatic hydroxyl groups is 1. The van der Waals surface area contributed by atoms with Gasteiger partial charge in [-0.05, 0) is 112 Å². The maximum absolute atomic E-state index is 14.5. The summed E-state index contributed by atoms with van der Waals surface area (Å²) in [5.41, 5.74) is 11.5. The van der Waals surface area contributed by atoms with Gasteiger partial charge in [-0.1, -0.05) is 105 Å². The van der Waals surface area contributed by atoms with E-state index >= 15 is 0 Å². The molecule has 7 rings (SSSR count). The van der Waals surface area contributed by atoms with Crippen molar-refractivity contribution in [3.8, 4) is 0 Å². The van der Waals surface area contributed by atoms with E-state index < -0.39 is 102 Å². The van der Waals surface area contributed by atoms with Gasteiger partial charge in [-0.3, -0.25) is 44.3 Å². The van der Waals surface area contributed by atoms with Crippen molar-refractivity contribution >= 4 is 93.5 Å². The van der Waals surface area contributed by atoms with Crippen LogP contribution >= 0.6 is 11.6 Å². The number of esters is 1. The number of rotatable bonds is 51. The van der Waals surface area contributed by atoms with Crippen molar-refractivity contribution in [3.05, 3.63) is 124 Å². The van der Waals surface area contributed by atoms with E-state index in [-0.39, 0.29) is 146 Å². The van der Waals surface area contributed by atoms with Crippen LogP contribution in [0.4, 0.5) is 20.1 Å². The normalized spacial score (nSPS) is 20.4. The molecular formula is C89H131ClN12O23. The Hall–Kier alpha value is -9.50. The molecule has 0 aliphatic carbocycles. The molecule has 4 bridgehead atoms. The summed E-state index contributed by atoms with van der Waals surface area (Å²) >= 11 is 6.87. The average molecular weight is 1770 g/mol. The lowest BCUT2D eigenvalue weighted by molar-refractivity contribution is -0.162. The number of benzene rings is 3. The lowest BCUT2D eigenvalue weighted by atomic mass is 9.83. The number of ether oxygens (including phenoxy) is 11. The third-order valence-corrected chi connectivity index (χ3v) is 22.9. The number of amides is 9. The smallest absolute Gasteiger partial charge is 0.409 e. The molecule has 0 radical (unpaired) electrons. The molecule has 4 heterocycles. The number of anilines is 1. The van der Waals surface area contributed by atoms with Crippen LogP contribution in [0.5, 0.6) is 0 Å². The standard InChI is InChI=1S/C89H131ClN12O23/c1-58(2)69(52-68(103)30-35-116-37-39-118-41-43-120-45-46-121-44-42-119-40-38-117-36-32-93-78(106)55-95-77(105)29-34-102-67(56-99(10)92-8)51-66-20-14-15-22-71(66)102)83(109)96-70(21-17-31-94-85(91)111)73(104)50-63-25-27-64(28-26-63)57-122-87(113)98(9)33-18-24-79(107)100(11)62(6)84(110)124-76-53-80(108)101(12)72-49-65(48-60(4)81(72)90)47-59(3)19-16-23-75(115-13)89(114)54-74(123-86(112)97-89)61(5)82-88(76,7)125-82/h14-16,19-20,22-23,25-28,48-49,51,58,61-62,69-70,74-76,82,92,114H,17-18,21,24,29-47,50,52-57H2,1-13H3,(H,93,106)(H,95,105)(H,96,109)(H,97,112)(H3,91,94,111)/b23-16+,59-19+/t61-,62+,69+,70+,74+,75-,76+,82?,88+,89-/m1/s1. The Morgan fingerprint density at radius 2 is 1.42 bits per heavy atom. The quantitative estimate of drug-likeness (QED) is 0.00771. The van der Waals surface area contributed by atoms with E-state index in [0.717, 1.165) is 33.3 Å². The molecule has 3 aromatic carbocycles. The van der Waals surface area contributed by atoms with Gasteiger partial charge >= 0.3 is 24.2 Å². The third-order valence-electron chi connectivity index (χ3n) is 22.4. The van der Waals surface area contributed by atoms with Crippen LogP contribution in [0.2, 0.25) is 5.02 Å². The Morgan fingerprint density at radius 3 is 2.06 bits per heavy atom. The molecule has 0 saturated carbocycles. The number of fused-ring (bicyclic) bond motifs is 6. The van der Waals surface area contributed by atoms with Crippen LogP contribution in [0.25, 0.3) is 10.9 Å². The van der Waals surface area contributed by atoms with Gasteiger partial charge < -0.3 is 103 Å². The van der Waals surface area contributed by atoms with Gasteiger partial charge in [-0.2, -0.15) is 0 Å². The molecule has 1 aromatic heterocycles. The summed E-state index contributed by atoms with van der Waals surface area (Å²) < 4.78 is 65.2. The Morgan fingerprint density at radius 1 is 0.784 bits per heavy atom. The van der Waals surface area contributed by atoms with Gasteiger partial charge in [0.2, 0.25) is 29.5 Å². The molecule has 9 N–H and O–H groups in total. The zero-order chi connectivity index (χ0) is 91.3. The van der Waals surface area contributed by atoms with Crippen LogP contribution in [0.15, 0.2) is 90.5 Å². The summed E-state index contributed by atoms with van der Waals surface area (Å²) in [7, 11) is 9.75. The number of hydrogen-bond acceptors (Lipinski definition) is 25. The molecule has 3 aliphatic heterocycles. The molecule has 4 aromatic rings. The van der Waals surface area contributed by atoms with E-state index in [1.807, 2.05) is 89.3 Å². The SMILES string of the molecule is CNN(C)Cc1cc2ccccc2n1CCC(=O)NCC(=O)NCCOCCOCCOCCOCCOCCOCCC(=O)C[C@H](C(=O)N[C@@H](CCCNC(N)=O)C(=O)Cc1ccc(COC(=O)N(C)CCCC(=O)N(C)[C@@H](C)C(=O)O[C@H]2CC(=O)N(C)c3cc(cc(C)c3Cl)C/C(C)=C/C=C/[C@@H](OC)[C@]3(O)C[C@H](OC(=O)N3)[C@@H](C)C3O[C@]32C)cc1)C(C)C. The number of aryl methyl sites for hydroxylation is 2. The van der Waals surface area contributed by atoms with Gasteiger partial charge in [0.25, 0.3) is 0 Å². The predicted octanol–water partition coefficient (Wildman–Crippen LogP) is 6.47. The zero-order valence-corrected chi connectivity index (χ0v) is 75.4. The zero-order valence-electron chi connectivity index (χ0n) is 74.6. The summed E-state index contributed by atoms with van der Waals surface area (Å²) in [6.45, 7) is 17.4. The minimum Gasteiger partial charge on any atom is -0.457 e. The second-order valence-electron chi connectivity index (χ2n) is 32.4. The number of Topliss-reactive ketones (excluding diaryl/α,β-unsaturated/α-hetero) is 2. The number of alkyl carbamates (subject to hydrolysis) is 1. The van der Waals surface area contributed by atoms with Crippen molar-refractivity contribution in [1.82, 2.24) is 51.4 Å².